The molecule has 0 aliphatic heterocycles. The largest absolute Gasteiger partial charge is 0.339 e. The van der Waals surface area contributed by atoms with Gasteiger partial charge in [-0.15, -0.1) is 11.8 Å². The van der Waals surface area contributed by atoms with Crippen molar-refractivity contribution >= 4 is 17.5 Å². The molecular formula is C14H15FN2O2S. The maximum absolute atomic E-state index is 13.4. The van der Waals surface area contributed by atoms with Gasteiger partial charge in [-0.05, 0) is 12.1 Å². The Morgan fingerprint density at radius 2 is 2.15 bits per heavy atom. The van der Waals surface area contributed by atoms with Crippen LogP contribution in [0.3, 0.4) is 0 Å². The molecule has 6 heteroatoms. The van der Waals surface area contributed by atoms with Crippen molar-refractivity contribution in [3.05, 3.63) is 41.8 Å². The van der Waals surface area contributed by atoms with Crippen molar-refractivity contribution in [3.63, 3.8) is 0 Å². The number of hydrogen-bond acceptors (Lipinski definition) is 5. The monoisotopic (exact) mass is 294 g/mol. The van der Waals surface area contributed by atoms with Gasteiger partial charge in [0.05, 0.1) is 12.2 Å². The Bertz CT molecular complexity index is 598. The van der Waals surface area contributed by atoms with E-state index in [0.717, 1.165) is 0 Å². The minimum Gasteiger partial charge on any atom is -0.339 e. The Morgan fingerprint density at radius 1 is 1.40 bits per heavy atom. The highest BCUT2D eigenvalue weighted by Crippen LogP contribution is 2.24. The summed E-state index contributed by atoms with van der Waals surface area (Å²) in [4.78, 5) is 16.2. The number of nitrogens with zero attached hydrogens (tertiary/aromatic N) is 2. The lowest BCUT2D eigenvalue weighted by molar-refractivity contribution is -0.121. The summed E-state index contributed by atoms with van der Waals surface area (Å²) in [5.74, 6) is 0.911. The molecule has 0 bridgehead atoms. The average molecular weight is 294 g/mol. The van der Waals surface area contributed by atoms with Gasteiger partial charge in [0, 0.05) is 10.8 Å². The van der Waals surface area contributed by atoms with E-state index in [1.807, 2.05) is 13.8 Å². The third-order valence-electron chi connectivity index (χ3n) is 2.67. The minimum absolute atomic E-state index is 0.0573. The van der Waals surface area contributed by atoms with Gasteiger partial charge >= 0.3 is 0 Å². The van der Waals surface area contributed by atoms with Gasteiger partial charge in [0.25, 0.3) is 0 Å². The van der Waals surface area contributed by atoms with E-state index >= 15 is 0 Å². The zero-order valence-electron chi connectivity index (χ0n) is 11.3. The van der Waals surface area contributed by atoms with Gasteiger partial charge < -0.3 is 4.52 Å². The molecule has 0 atom stereocenters. The zero-order chi connectivity index (χ0) is 14.5. The van der Waals surface area contributed by atoms with Crippen LogP contribution in [-0.4, -0.2) is 15.9 Å². The van der Waals surface area contributed by atoms with Crippen LogP contribution in [0.5, 0.6) is 0 Å². The first-order chi connectivity index (χ1) is 9.56. The normalized spacial score (nSPS) is 11.0. The second-order valence-corrected chi connectivity index (χ2v) is 5.64. The summed E-state index contributed by atoms with van der Waals surface area (Å²) < 4.78 is 18.4. The Hall–Kier alpha value is -1.69. The van der Waals surface area contributed by atoms with Crippen molar-refractivity contribution in [2.24, 2.45) is 5.92 Å². The van der Waals surface area contributed by atoms with Gasteiger partial charge in [-0.2, -0.15) is 4.98 Å². The lowest BCUT2D eigenvalue weighted by Crippen LogP contribution is -2.10. The molecule has 0 N–H and O–H groups in total. The quantitative estimate of drug-likeness (QED) is 0.765. The van der Waals surface area contributed by atoms with Crippen LogP contribution in [0.4, 0.5) is 4.39 Å². The fourth-order valence-electron chi connectivity index (χ4n) is 1.48. The highest BCUT2D eigenvalue weighted by atomic mass is 32.2. The fraction of sp³-hybridized carbons (Fsp3) is 0.357. The minimum atomic E-state index is -0.267. The molecule has 0 aliphatic rings. The van der Waals surface area contributed by atoms with E-state index in [1.165, 1.54) is 17.8 Å². The predicted molar refractivity (Wildman–Crippen MR) is 73.8 cm³/mol. The molecule has 0 radical (unpaired) electrons. The van der Waals surface area contributed by atoms with Crippen molar-refractivity contribution in [1.29, 1.82) is 0 Å². The highest BCUT2D eigenvalue weighted by molar-refractivity contribution is 7.98. The molecule has 4 nitrogen and oxygen atoms in total. The number of aromatic nitrogens is 2. The van der Waals surface area contributed by atoms with Gasteiger partial charge in [-0.25, -0.2) is 4.39 Å². The van der Waals surface area contributed by atoms with E-state index in [4.69, 9.17) is 4.52 Å². The molecule has 2 rings (SSSR count). The van der Waals surface area contributed by atoms with E-state index in [1.54, 1.807) is 18.2 Å². The SMILES string of the molecule is CC(C)C(=O)Cc1nc(CSc2ccccc2F)no1. The summed E-state index contributed by atoms with van der Waals surface area (Å²) in [5, 5.41) is 3.79. The van der Waals surface area contributed by atoms with Crippen LogP contribution in [-0.2, 0) is 17.0 Å². The molecule has 0 spiro atoms. The Morgan fingerprint density at radius 3 is 2.85 bits per heavy atom. The van der Waals surface area contributed by atoms with E-state index in [9.17, 15) is 9.18 Å². The Kier molecular flexibility index (Phi) is 4.89. The second-order valence-electron chi connectivity index (χ2n) is 4.62. The van der Waals surface area contributed by atoms with E-state index in [2.05, 4.69) is 10.1 Å². The van der Waals surface area contributed by atoms with Crippen LogP contribution in [0.15, 0.2) is 33.7 Å². The number of carbonyl (C=O) groups is 1. The number of ketones is 1. The van der Waals surface area contributed by atoms with Crippen LogP contribution >= 0.6 is 11.8 Å². The number of rotatable bonds is 6. The molecule has 0 amide bonds. The van der Waals surface area contributed by atoms with E-state index in [0.29, 0.717) is 22.4 Å². The summed E-state index contributed by atoms with van der Waals surface area (Å²) >= 11 is 1.29. The molecule has 0 saturated carbocycles. The summed E-state index contributed by atoms with van der Waals surface area (Å²) in [6, 6.07) is 6.52. The number of halogens is 1. The molecule has 1 aromatic carbocycles. The number of hydrogen-bond donors (Lipinski definition) is 0. The smallest absolute Gasteiger partial charge is 0.234 e. The highest BCUT2D eigenvalue weighted by Gasteiger charge is 2.14. The standard InChI is InChI=1S/C14H15FN2O2S/c1-9(2)11(18)7-14-16-13(17-19-14)8-20-12-6-4-3-5-10(12)15/h3-6,9H,7-8H2,1-2H3. The first-order valence-corrected chi connectivity index (χ1v) is 7.26. The van der Waals surface area contributed by atoms with E-state index < -0.39 is 0 Å². The van der Waals surface area contributed by atoms with Gasteiger partial charge in [-0.1, -0.05) is 31.1 Å². The van der Waals surface area contributed by atoms with Crippen LogP contribution in [0, 0.1) is 11.7 Å². The van der Waals surface area contributed by atoms with Crippen molar-refractivity contribution in [2.45, 2.75) is 30.9 Å². The predicted octanol–water partition coefficient (Wildman–Crippen LogP) is 3.27. The molecule has 20 heavy (non-hydrogen) atoms. The topological polar surface area (TPSA) is 56.0 Å². The van der Waals surface area contributed by atoms with Crippen molar-refractivity contribution in [3.8, 4) is 0 Å². The Labute approximate surface area is 120 Å². The molecule has 2 aromatic rings. The molecule has 0 unspecified atom stereocenters. The van der Waals surface area contributed by atoms with Crippen molar-refractivity contribution in [2.75, 3.05) is 0 Å². The first kappa shape index (κ1) is 14.7. The third kappa shape index (κ3) is 3.90. The molecule has 1 aromatic heterocycles. The molecule has 1 heterocycles. The first-order valence-electron chi connectivity index (χ1n) is 6.27. The lowest BCUT2D eigenvalue weighted by atomic mass is 10.1. The summed E-state index contributed by atoms with van der Waals surface area (Å²) in [6.45, 7) is 3.65. The zero-order valence-corrected chi connectivity index (χ0v) is 12.1. The fourth-order valence-corrected chi connectivity index (χ4v) is 2.26. The Balaban J connectivity index is 1.93. The second kappa shape index (κ2) is 6.65. The summed E-state index contributed by atoms with van der Waals surface area (Å²) in [5.41, 5.74) is 0. The van der Waals surface area contributed by atoms with Gasteiger partial charge in [-0.3, -0.25) is 4.79 Å². The number of Topliss-reactive ketones (excluding diaryl/α,β-unsaturated/α-hetero) is 1. The maximum atomic E-state index is 13.4. The number of benzene rings is 1. The van der Waals surface area contributed by atoms with Crippen molar-refractivity contribution in [1.82, 2.24) is 10.1 Å². The van der Waals surface area contributed by atoms with Crippen LogP contribution in [0.2, 0.25) is 0 Å². The molecule has 0 fully saturated rings. The molecular weight excluding hydrogens is 279 g/mol. The van der Waals surface area contributed by atoms with Crippen LogP contribution in [0.1, 0.15) is 25.6 Å². The summed E-state index contributed by atoms with van der Waals surface area (Å²) in [7, 11) is 0. The molecule has 0 aliphatic carbocycles. The lowest BCUT2D eigenvalue weighted by Gasteiger charge is -1.99. The third-order valence-corrected chi connectivity index (χ3v) is 3.72. The molecule has 106 valence electrons. The van der Waals surface area contributed by atoms with Crippen LogP contribution in [0.25, 0.3) is 0 Å². The van der Waals surface area contributed by atoms with E-state index in [-0.39, 0.29) is 23.9 Å². The summed E-state index contributed by atoms with van der Waals surface area (Å²) in [6.07, 6.45) is 0.148. The molecule has 0 saturated heterocycles. The number of carbonyl (C=O) groups excluding carboxylic acids is 1. The number of thioether (sulfide) groups is 1. The maximum Gasteiger partial charge on any atom is 0.234 e. The van der Waals surface area contributed by atoms with Gasteiger partial charge in [0.1, 0.15) is 11.6 Å². The average Bonchev–Trinajstić information content (AvgIpc) is 2.85. The van der Waals surface area contributed by atoms with Gasteiger partial charge in [0.15, 0.2) is 5.82 Å². The van der Waals surface area contributed by atoms with Crippen molar-refractivity contribution < 1.29 is 13.7 Å². The van der Waals surface area contributed by atoms with Gasteiger partial charge in [0.2, 0.25) is 5.89 Å². The van der Waals surface area contributed by atoms with Crippen LogP contribution < -0.4 is 0 Å².